The Bertz CT molecular complexity index is 1450. The standard InChI is InChI=1S/C24H24FN3O4S2/c1-3-33(29,30)27-21-9-6-8-19(15-21)22-16-23(18-11-13-20(25)14-12-18)28(26-22)34(31,32)24-10-5-4-7-17(24)2/h4-15,23,27H,3,16H2,1-2H3. The first-order valence-corrected chi connectivity index (χ1v) is 13.7. The normalized spacial score (nSPS) is 16.4. The summed E-state index contributed by atoms with van der Waals surface area (Å²) >= 11 is 0. The number of hydrogen-bond acceptors (Lipinski definition) is 5. The molecule has 1 aliphatic rings. The fourth-order valence-corrected chi connectivity index (χ4v) is 6.07. The first-order chi connectivity index (χ1) is 16.1. The van der Waals surface area contributed by atoms with Crippen molar-refractivity contribution in [2.45, 2.75) is 31.2 Å². The number of nitrogens with zero attached hydrogens (tertiary/aromatic N) is 2. The number of hydrogen-bond donors (Lipinski definition) is 1. The van der Waals surface area contributed by atoms with E-state index in [0.717, 1.165) is 4.41 Å². The first kappa shape index (κ1) is 23.9. The van der Waals surface area contributed by atoms with E-state index < -0.39 is 31.9 Å². The maximum Gasteiger partial charge on any atom is 0.279 e. The molecule has 0 amide bonds. The van der Waals surface area contributed by atoms with Crippen molar-refractivity contribution in [1.29, 1.82) is 0 Å². The Hall–Kier alpha value is -3.24. The lowest BCUT2D eigenvalue weighted by Crippen LogP contribution is -2.28. The summed E-state index contributed by atoms with van der Waals surface area (Å²) in [4.78, 5) is 0.136. The maximum absolute atomic E-state index is 13.6. The van der Waals surface area contributed by atoms with Gasteiger partial charge in [0.05, 0.1) is 22.4 Å². The summed E-state index contributed by atoms with van der Waals surface area (Å²) in [6.07, 6.45) is 0.237. The molecule has 0 spiro atoms. The van der Waals surface area contributed by atoms with Gasteiger partial charge in [-0.1, -0.05) is 42.5 Å². The number of sulfonamides is 2. The van der Waals surface area contributed by atoms with Crippen LogP contribution < -0.4 is 4.72 Å². The van der Waals surface area contributed by atoms with E-state index in [1.165, 1.54) is 25.1 Å². The monoisotopic (exact) mass is 501 g/mol. The molecule has 4 rings (SSSR count). The molecule has 0 aromatic heterocycles. The fourth-order valence-electron chi connectivity index (χ4n) is 3.78. The van der Waals surface area contributed by atoms with E-state index in [0.29, 0.717) is 28.1 Å². The van der Waals surface area contributed by atoms with Crippen LogP contribution >= 0.6 is 0 Å². The van der Waals surface area contributed by atoms with Crippen LogP contribution in [0.2, 0.25) is 0 Å². The number of rotatable bonds is 7. The summed E-state index contributed by atoms with van der Waals surface area (Å²) in [6, 6.07) is 18.3. The van der Waals surface area contributed by atoms with Gasteiger partial charge in [0.15, 0.2) is 0 Å². The summed E-state index contributed by atoms with van der Waals surface area (Å²) in [5.74, 6) is -0.500. The zero-order chi connectivity index (χ0) is 24.5. The molecule has 1 atom stereocenters. The average molecular weight is 502 g/mol. The largest absolute Gasteiger partial charge is 0.284 e. The van der Waals surface area contributed by atoms with Gasteiger partial charge < -0.3 is 0 Å². The van der Waals surface area contributed by atoms with Crippen LogP contribution in [-0.4, -0.2) is 32.7 Å². The maximum atomic E-state index is 13.6. The van der Waals surface area contributed by atoms with Crippen molar-refractivity contribution >= 4 is 31.4 Å². The number of anilines is 1. The van der Waals surface area contributed by atoms with Gasteiger partial charge in [-0.2, -0.15) is 17.9 Å². The van der Waals surface area contributed by atoms with Crippen molar-refractivity contribution < 1.29 is 21.2 Å². The zero-order valence-corrected chi connectivity index (χ0v) is 20.3. The topological polar surface area (TPSA) is 95.9 Å². The first-order valence-electron chi connectivity index (χ1n) is 10.6. The van der Waals surface area contributed by atoms with Gasteiger partial charge >= 0.3 is 0 Å². The van der Waals surface area contributed by atoms with Crippen molar-refractivity contribution in [3.63, 3.8) is 0 Å². The lowest BCUT2D eigenvalue weighted by atomic mass is 9.99. The Labute approximate surface area is 199 Å². The molecular formula is C24H24FN3O4S2. The quantitative estimate of drug-likeness (QED) is 0.518. The Morgan fingerprint density at radius 1 is 1.00 bits per heavy atom. The highest BCUT2D eigenvalue weighted by molar-refractivity contribution is 7.92. The van der Waals surface area contributed by atoms with Gasteiger partial charge in [0.25, 0.3) is 10.0 Å². The molecular weight excluding hydrogens is 477 g/mol. The summed E-state index contributed by atoms with van der Waals surface area (Å²) in [5.41, 5.74) is 2.61. The van der Waals surface area contributed by atoms with E-state index in [-0.39, 0.29) is 17.1 Å². The van der Waals surface area contributed by atoms with Gasteiger partial charge in [-0.3, -0.25) is 4.72 Å². The molecule has 178 valence electrons. The Morgan fingerprint density at radius 3 is 2.38 bits per heavy atom. The molecule has 0 bridgehead atoms. The number of hydrazone groups is 1. The highest BCUT2D eigenvalue weighted by Gasteiger charge is 2.38. The molecule has 0 saturated heterocycles. The van der Waals surface area contributed by atoms with Crippen molar-refractivity contribution in [2.24, 2.45) is 5.10 Å². The second kappa shape index (κ2) is 9.19. The van der Waals surface area contributed by atoms with Crippen LogP contribution in [-0.2, 0) is 20.0 Å². The lowest BCUT2D eigenvalue weighted by molar-refractivity contribution is 0.371. The third-order valence-corrected chi connectivity index (χ3v) is 8.74. The summed E-state index contributed by atoms with van der Waals surface area (Å²) in [7, 11) is -7.50. The molecule has 3 aromatic carbocycles. The highest BCUT2D eigenvalue weighted by Crippen LogP contribution is 2.38. The summed E-state index contributed by atoms with van der Waals surface area (Å²) in [6.45, 7) is 3.25. The van der Waals surface area contributed by atoms with Gasteiger partial charge in [0.2, 0.25) is 10.0 Å². The van der Waals surface area contributed by atoms with Gasteiger partial charge in [-0.05, 0) is 60.9 Å². The minimum Gasteiger partial charge on any atom is -0.284 e. The van der Waals surface area contributed by atoms with Gasteiger partial charge in [0.1, 0.15) is 5.82 Å². The van der Waals surface area contributed by atoms with E-state index in [4.69, 9.17) is 0 Å². The predicted octanol–water partition coefficient (Wildman–Crippen LogP) is 4.44. The molecule has 0 fully saturated rings. The van der Waals surface area contributed by atoms with Crippen LogP contribution in [0.5, 0.6) is 0 Å². The number of benzene rings is 3. The molecule has 10 heteroatoms. The van der Waals surface area contributed by atoms with Crippen molar-refractivity contribution in [1.82, 2.24) is 4.41 Å². The molecule has 34 heavy (non-hydrogen) atoms. The Balaban J connectivity index is 1.78. The van der Waals surface area contributed by atoms with Crippen LogP contribution in [0.25, 0.3) is 0 Å². The molecule has 0 aliphatic carbocycles. The van der Waals surface area contributed by atoms with Crippen LogP contribution in [0.1, 0.15) is 36.1 Å². The summed E-state index contributed by atoms with van der Waals surface area (Å²) in [5, 5.41) is 4.48. The number of nitrogens with one attached hydrogen (secondary N) is 1. The average Bonchev–Trinajstić information content (AvgIpc) is 3.26. The minimum atomic E-state index is -4.02. The third-order valence-electron chi connectivity index (χ3n) is 5.59. The van der Waals surface area contributed by atoms with Gasteiger partial charge in [-0.15, -0.1) is 0 Å². The molecule has 0 saturated carbocycles. The predicted molar refractivity (Wildman–Crippen MR) is 130 cm³/mol. The van der Waals surface area contributed by atoms with Crippen molar-refractivity contribution in [2.75, 3.05) is 10.5 Å². The molecule has 0 radical (unpaired) electrons. The highest BCUT2D eigenvalue weighted by atomic mass is 32.2. The van der Waals surface area contributed by atoms with E-state index in [1.54, 1.807) is 61.5 Å². The third kappa shape index (κ3) is 4.83. The molecule has 7 nitrogen and oxygen atoms in total. The second-order valence-corrected chi connectivity index (χ2v) is 11.7. The SMILES string of the molecule is CCS(=O)(=O)Nc1cccc(C2=NN(S(=O)(=O)c3ccccc3C)C(c3ccc(F)cc3)C2)c1. The van der Waals surface area contributed by atoms with E-state index in [1.807, 2.05) is 0 Å². The van der Waals surface area contributed by atoms with Crippen LogP contribution in [0.15, 0.2) is 82.8 Å². The van der Waals surface area contributed by atoms with Crippen molar-refractivity contribution in [3.05, 3.63) is 95.3 Å². The molecule has 1 N–H and O–H groups in total. The Kier molecular flexibility index (Phi) is 6.46. The zero-order valence-electron chi connectivity index (χ0n) is 18.6. The van der Waals surface area contributed by atoms with Crippen LogP contribution in [0.4, 0.5) is 10.1 Å². The number of aryl methyl sites for hydroxylation is 1. The van der Waals surface area contributed by atoms with E-state index in [2.05, 4.69) is 9.82 Å². The van der Waals surface area contributed by atoms with Gasteiger partial charge in [0, 0.05) is 12.1 Å². The van der Waals surface area contributed by atoms with Crippen LogP contribution in [0, 0.1) is 12.7 Å². The Morgan fingerprint density at radius 2 is 1.71 bits per heavy atom. The molecule has 3 aromatic rings. The van der Waals surface area contributed by atoms with Crippen molar-refractivity contribution in [3.8, 4) is 0 Å². The smallest absolute Gasteiger partial charge is 0.279 e. The van der Waals surface area contributed by atoms with Crippen LogP contribution in [0.3, 0.4) is 0 Å². The molecule has 1 aliphatic heterocycles. The van der Waals surface area contributed by atoms with E-state index >= 15 is 0 Å². The lowest BCUT2D eigenvalue weighted by Gasteiger charge is -2.24. The second-order valence-electron chi connectivity index (χ2n) is 7.95. The molecule has 1 unspecified atom stereocenters. The number of halogens is 1. The molecule has 1 heterocycles. The van der Waals surface area contributed by atoms with Gasteiger partial charge in [-0.25, -0.2) is 12.8 Å². The minimum absolute atomic E-state index is 0.0761. The van der Waals surface area contributed by atoms with E-state index in [9.17, 15) is 21.2 Å². The fraction of sp³-hybridized carbons (Fsp3) is 0.208. The summed E-state index contributed by atoms with van der Waals surface area (Å²) < 4.78 is 68.3.